The van der Waals surface area contributed by atoms with Crippen LogP contribution in [0, 0.1) is 30.0 Å². The summed E-state index contributed by atoms with van der Waals surface area (Å²) in [5.41, 5.74) is 5.82. The van der Waals surface area contributed by atoms with Gasteiger partial charge in [-0.05, 0) is 119 Å². The van der Waals surface area contributed by atoms with Gasteiger partial charge in [-0.1, -0.05) is 38.1 Å². The fraction of sp³-hybridized carbons (Fsp3) is 0.535. The lowest BCUT2D eigenvalue weighted by molar-refractivity contribution is -0.00312. The largest absolute Gasteiger partial charge is 0.444 e. The molecule has 0 saturated carbocycles. The van der Waals surface area contributed by atoms with E-state index in [9.17, 15) is 14.7 Å². The molecule has 3 aliphatic rings. The van der Waals surface area contributed by atoms with Crippen LogP contribution in [-0.4, -0.2) is 97.9 Å². The van der Waals surface area contributed by atoms with E-state index < -0.39 is 17.5 Å². The summed E-state index contributed by atoms with van der Waals surface area (Å²) in [6.45, 7) is 17.0. The van der Waals surface area contributed by atoms with Crippen molar-refractivity contribution in [3.05, 3.63) is 65.7 Å². The summed E-state index contributed by atoms with van der Waals surface area (Å²) in [6.07, 6.45) is 5.89. The van der Waals surface area contributed by atoms with Gasteiger partial charge in [0.25, 0.3) is 0 Å². The summed E-state index contributed by atoms with van der Waals surface area (Å²) < 4.78 is 20.8. The molecule has 0 radical (unpaired) electrons. The van der Waals surface area contributed by atoms with Crippen LogP contribution >= 0.6 is 0 Å². The zero-order chi connectivity index (χ0) is 39.1. The van der Waals surface area contributed by atoms with Gasteiger partial charge in [-0.3, -0.25) is 4.90 Å². The molecule has 3 amide bonds. The molecule has 3 aliphatic heterocycles. The molecule has 3 saturated heterocycles. The van der Waals surface area contributed by atoms with Gasteiger partial charge in [-0.15, -0.1) is 0 Å². The average Bonchev–Trinajstić information content (AvgIpc) is 3.74. The Bertz CT molecular complexity index is 2010. The highest BCUT2D eigenvalue weighted by Gasteiger charge is 2.39. The van der Waals surface area contributed by atoms with Crippen molar-refractivity contribution in [1.82, 2.24) is 29.7 Å². The van der Waals surface area contributed by atoms with Gasteiger partial charge in [0.05, 0.1) is 11.8 Å². The maximum atomic E-state index is 15.2. The van der Waals surface area contributed by atoms with E-state index in [1.54, 1.807) is 4.90 Å². The highest BCUT2D eigenvalue weighted by atomic mass is 19.1. The van der Waals surface area contributed by atoms with Crippen molar-refractivity contribution >= 4 is 28.8 Å². The fourth-order valence-electron chi connectivity index (χ4n) is 8.64. The predicted molar refractivity (Wildman–Crippen MR) is 213 cm³/mol. The predicted octanol–water partition coefficient (Wildman–Crippen LogP) is 8.22. The second-order valence-corrected chi connectivity index (χ2v) is 17.5. The number of amides is 3. The van der Waals surface area contributed by atoms with Crippen LogP contribution in [0.2, 0.25) is 0 Å². The second kappa shape index (κ2) is 15.5. The minimum atomic E-state index is -0.572. The van der Waals surface area contributed by atoms with Crippen molar-refractivity contribution in [2.75, 3.05) is 44.6 Å². The number of hydrogen-bond donors (Lipinski definition) is 3. The number of H-pyrrole nitrogens is 1. The number of fused-ring (bicyclic) bond motifs is 1. The number of hydrogen-bond acceptors (Lipinski definition) is 7. The molecule has 294 valence electrons. The van der Waals surface area contributed by atoms with Gasteiger partial charge in [0, 0.05) is 61.0 Å². The van der Waals surface area contributed by atoms with Gasteiger partial charge in [0.2, 0.25) is 0 Å². The molecule has 0 aliphatic carbocycles. The number of aromatic amines is 1. The Labute approximate surface area is 323 Å². The monoisotopic (exact) mass is 753 g/mol. The lowest BCUT2D eigenvalue weighted by Crippen LogP contribution is -2.49. The number of piperidine rings is 2. The summed E-state index contributed by atoms with van der Waals surface area (Å²) in [5, 5.41) is 14.2. The van der Waals surface area contributed by atoms with Crippen LogP contribution in [0.3, 0.4) is 0 Å². The number of β-amino-alcohol motifs (C(OH)–C–C–N with tert-alkyl or cyclic N) is 1. The Morgan fingerprint density at radius 1 is 1.00 bits per heavy atom. The van der Waals surface area contributed by atoms with Crippen LogP contribution in [0.4, 0.5) is 19.7 Å². The number of carbonyl (C=O) groups is 2. The molecule has 5 heterocycles. The highest BCUT2D eigenvalue weighted by Crippen LogP contribution is 2.42. The lowest BCUT2D eigenvalue weighted by Gasteiger charge is -2.46. The van der Waals surface area contributed by atoms with Crippen molar-refractivity contribution in [2.45, 2.75) is 91.9 Å². The third-order valence-corrected chi connectivity index (χ3v) is 11.8. The Hall–Kier alpha value is -4.55. The summed E-state index contributed by atoms with van der Waals surface area (Å²) in [5.74, 6) is -0.0477. The Balaban J connectivity index is 0.991. The van der Waals surface area contributed by atoms with E-state index in [4.69, 9.17) is 4.74 Å². The van der Waals surface area contributed by atoms with E-state index >= 15 is 4.39 Å². The van der Waals surface area contributed by atoms with Crippen LogP contribution in [0.15, 0.2) is 48.8 Å². The molecule has 2 atom stereocenters. The summed E-state index contributed by atoms with van der Waals surface area (Å²) >= 11 is 0. The third kappa shape index (κ3) is 8.80. The standard InChI is InChI=1S/C43H56FN7O4/c1-27(2)19-31-24-51(25-37(31)52)40(53)48-35-21-32(44)20-33(28(35)3)38-34-22-36(47-39(34)46-26-45-38)30-9-7-29(8-10-30)23-49-15-11-43(12-16-49)13-17-50(18-14-43)41(54)55-42(4,5)6/h7-10,20-22,26-27,31,37,52H,11-19,23-25H2,1-6H3,(H,48,53)(H,45,46,47)/t31-,37-/m0/s1. The number of ether oxygens (including phenoxy) is 1. The van der Waals surface area contributed by atoms with Crippen molar-refractivity contribution in [3.63, 3.8) is 0 Å². The number of aromatic nitrogens is 3. The van der Waals surface area contributed by atoms with Gasteiger partial charge in [-0.25, -0.2) is 23.9 Å². The average molecular weight is 754 g/mol. The summed E-state index contributed by atoms with van der Waals surface area (Å²) in [7, 11) is 0. The fourth-order valence-corrected chi connectivity index (χ4v) is 8.64. The Morgan fingerprint density at radius 2 is 1.69 bits per heavy atom. The van der Waals surface area contributed by atoms with E-state index in [-0.39, 0.29) is 24.6 Å². The molecule has 4 aromatic rings. The highest BCUT2D eigenvalue weighted by molar-refractivity contribution is 5.97. The number of urea groups is 1. The maximum Gasteiger partial charge on any atom is 0.410 e. The molecule has 0 bridgehead atoms. The first-order valence-corrected chi connectivity index (χ1v) is 19.8. The molecule has 7 rings (SSSR count). The first-order chi connectivity index (χ1) is 26.1. The molecule has 55 heavy (non-hydrogen) atoms. The molecule has 0 unspecified atom stereocenters. The first kappa shape index (κ1) is 38.7. The smallest absolute Gasteiger partial charge is 0.410 e. The summed E-state index contributed by atoms with van der Waals surface area (Å²) in [4.78, 5) is 44.3. The maximum absolute atomic E-state index is 15.2. The van der Waals surface area contributed by atoms with Crippen LogP contribution in [-0.2, 0) is 11.3 Å². The number of benzene rings is 2. The van der Waals surface area contributed by atoms with Crippen LogP contribution < -0.4 is 5.32 Å². The Kier molecular flexibility index (Phi) is 10.9. The van der Waals surface area contributed by atoms with Crippen LogP contribution in [0.5, 0.6) is 0 Å². The molecule has 12 heteroatoms. The van der Waals surface area contributed by atoms with Gasteiger partial charge in [0.1, 0.15) is 23.4 Å². The first-order valence-electron chi connectivity index (χ1n) is 19.8. The van der Waals surface area contributed by atoms with E-state index in [2.05, 4.69) is 63.3 Å². The number of nitrogens with zero attached hydrogens (tertiary/aromatic N) is 5. The molecule has 3 N–H and O–H groups in total. The number of carbonyl (C=O) groups excluding carboxylic acids is 2. The minimum absolute atomic E-state index is 0.0232. The zero-order valence-corrected chi connectivity index (χ0v) is 33.1. The number of rotatable bonds is 7. The van der Waals surface area contributed by atoms with Crippen LogP contribution in [0.25, 0.3) is 33.5 Å². The molecule has 11 nitrogen and oxygen atoms in total. The number of anilines is 1. The SMILES string of the molecule is Cc1c(NC(=O)N2C[C@H](CC(C)C)[C@@H](O)C2)cc(F)cc1-c1ncnc2[nH]c(-c3ccc(CN4CCC5(CC4)CCN(C(=O)OC(C)(C)C)CC5)cc3)cc12. The van der Waals surface area contributed by atoms with Crippen LogP contribution in [0.1, 0.15) is 77.8 Å². The van der Waals surface area contributed by atoms with Gasteiger partial charge >= 0.3 is 12.1 Å². The normalized spacial score (nSPS) is 20.5. The topological polar surface area (TPSA) is 127 Å². The number of nitrogens with one attached hydrogen (secondary N) is 2. The van der Waals surface area contributed by atoms with Crippen molar-refractivity contribution in [1.29, 1.82) is 0 Å². The van der Waals surface area contributed by atoms with Gasteiger partial charge < -0.3 is 29.9 Å². The number of likely N-dealkylation sites (tertiary alicyclic amines) is 3. The van der Waals surface area contributed by atoms with E-state index in [0.29, 0.717) is 46.0 Å². The molecular weight excluding hydrogens is 698 g/mol. The lowest BCUT2D eigenvalue weighted by atomic mass is 9.71. The molecule has 1 spiro atoms. The van der Waals surface area contributed by atoms with E-state index in [0.717, 1.165) is 81.5 Å². The molecule has 2 aromatic carbocycles. The molecule has 2 aromatic heterocycles. The quantitative estimate of drug-likeness (QED) is 0.174. The second-order valence-electron chi connectivity index (χ2n) is 17.5. The van der Waals surface area contributed by atoms with Crippen molar-refractivity contribution < 1.29 is 23.8 Å². The molecular formula is C43H56FN7O4. The number of aliphatic hydroxyl groups is 1. The third-order valence-electron chi connectivity index (χ3n) is 11.8. The zero-order valence-electron chi connectivity index (χ0n) is 33.1. The molecule has 3 fully saturated rings. The van der Waals surface area contributed by atoms with Crippen molar-refractivity contribution in [2.24, 2.45) is 17.3 Å². The van der Waals surface area contributed by atoms with Crippen molar-refractivity contribution in [3.8, 4) is 22.5 Å². The van der Waals surface area contributed by atoms with Gasteiger partial charge in [-0.2, -0.15) is 0 Å². The number of aliphatic hydroxyl groups excluding tert-OH is 1. The van der Waals surface area contributed by atoms with E-state index in [1.807, 2.05) is 38.7 Å². The minimum Gasteiger partial charge on any atom is -0.444 e. The number of halogens is 1. The van der Waals surface area contributed by atoms with E-state index in [1.165, 1.54) is 24.0 Å². The summed E-state index contributed by atoms with van der Waals surface area (Å²) in [6, 6.07) is 13.0. The van der Waals surface area contributed by atoms with Gasteiger partial charge in [0.15, 0.2) is 0 Å². The Morgan fingerprint density at radius 3 is 2.36 bits per heavy atom.